The topological polar surface area (TPSA) is 128 Å². The molecule has 0 aliphatic carbocycles. The van der Waals surface area contributed by atoms with Gasteiger partial charge in [-0.05, 0) is 6.42 Å². The Hall–Kier alpha value is -1.45. The molecular formula is C8H11ClN4O4S. The first-order valence-electron chi connectivity index (χ1n) is 4.84. The Morgan fingerprint density at radius 3 is 2.72 bits per heavy atom. The molecule has 1 rings (SSSR count). The van der Waals surface area contributed by atoms with Crippen molar-refractivity contribution in [2.45, 2.75) is 6.42 Å². The minimum Gasteiger partial charge on any atom is -0.370 e. The van der Waals surface area contributed by atoms with Gasteiger partial charge in [-0.3, -0.25) is 10.1 Å². The molecule has 3 N–H and O–H groups in total. The number of hydrogen-bond acceptors (Lipinski definition) is 6. The summed E-state index contributed by atoms with van der Waals surface area (Å²) in [6, 6.07) is 2.33. The number of nitrogens with two attached hydrogens (primary N) is 1. The molecule has 0 saturated carbocycles. The van der Waals surface area contributed by atoms with Crippen molar-refractivity contribution in [3.8, 4) is 0 Å². The summed E-state index contributed by atoms with van der Waals surface area (Å²) < 4.78 is 21.3. The van der Waals surface area contributed by atoms with Crippen LogP contribution in [-0.4, -0.2) is 30.6 Å². The molecule has 0 radical (unpaired) electrons. The molecule has 0 bridgehead atoms. The summed E-state index contributed by atoms with van der Waals surface area (Å²) in [4.78, 5) is 13.8. The minimum atomic E-state index is -3.50. The van der Waals surface area contributed by atoms with E-state index in [4.69, 9.17) is 16.7 Å². The van der Waals surface area contributed by atoms with Crippen molar-refractivity contribution in [3.05, 3.63) is 27.4 Å². The van der Waals surface area contributed by atoms with Crippen molar-refractivity contribution in [2.24, 2.45) is 5.14 Å². The summed E-state index contributed by atoms with van der Waals surface area (Å²) in [6.07, 6.45) is 0.265. The predicted octanol–water partition coefficient (Wildman–Crippen LogP) is 0.734. The minimum absolute atomic E-state index is 0.0156. The molecule has 100 valence electrons. The van der Waals surface area contributed by atoms with Crippen LogP contribution in [0.2, 0.25) is 5.15 Å². The molecule has 0 amide bonds. The van der Waals surface area contributed by atoms with Crippen LogP contribution >= 0.6 is 11.6 Å². The number of primary sulfonamides is 1. The third-order valence-corrected chi connectivity index (χ3v) is 2.95. The highest BCUT2D eigenvalue weighted by atomic mass is 35.5. The molecule has 8 nitrogen and oxygen atoms in total. The lowest BCUT2D eigenvalue weighted by atomic mass is 10.4. The molecule has 0 aliphatic heterocycles. The van der Waals surface area contributed by atoms with Gasteiger partial charge in [0.2, 0.25) is 10.0 Å². The zero-order valence-corrected chi connectivity index (χ0v) is 10.7. The van der Waals surface area contributed by atoms with Crippen LogP contribution in [0.1, 0.15) is 6.42 Å². The molecule has 1 aromatic rings. The molecule has 0 saturated heterocycles. The van der Waals surface area contributed by atoms with Gasteiger partial charge in [-0.15, -0.1) is 0 Å². The molecule has 1 aromatic heterocycles. The first-order chi connectivity index (χ1) is 8.28. The van der Waals surface area contributed by atoms with Gasteiger partial charge in [-0.2, -0.15) is 0 Å². The van der Waals surface area contributed by atoms with E-state index in [2.05, 4.69) is 10.3 Å². The van der Waals surface area contributed by atoms with Crippen LogP contribution in [0.4, 0.5) is 11.5 Å². The van der Waals surface area contributed by atoms with Gasteiger partial charge in [-0.1, -0.05) is 11.6 Å². The number of sulfonamides is 1. The second-order valence-corrected chi connectivity index (χ2v) is 5.56. The fourth-order valence-electron chi connectivity index (χ4n) is 1.17. The van der Waals surface area contributed by atoms with E-state index < -0.39 is 14.9 Å². The third kappa shape index (κ3) is 5.25. The number of nitrogens with one attached hydrogen (secondary N) is 1. The summed E-state index contributed by atoms with van der Waals surface area (Å²) in [5.74, 6) is 0.0338. The second-order valence-electron chi connectivity index (χ2n) is 3.44. The first-order valence-corrected chi connectivity index (χ1v) is 6.93. The number of aromatic nitrogens is 1. The highest BCUT2D eigenvalue weighted by Crippen LogP contribution is 2.20. The summed E-state index contributed by atoms with van der Waals surface area (Å²) in [5.41, 5.74) is -0.191. The van der Waals surface area contributed by atoms with Crippen LogP contribution < -0.4 is 10.5 Å². The summed E-state index contributed by atoms with van der Waals surface area (Å²) in [6.45, 7) is 0.265. The quantitative estimate of drug-likeness (QED) is 0.344. The zero-order chi connectivity index (χ0) is 13.8. The standard InChI is InChI=1S/C8H11ClN4O4S/c9-7-4-6(13(14)15)5-8(12-7)11-2-1-3-18(10,16)17/h4-5H,1-3H2,(H,11,12)(H2,10,16,17). The van der Waals surface area contributed by atoms with Crippen LogP contribution in [0, 0.1) is 10.1 Å². The average molecular weight is 295 g/mol. The number of rotatable bonds is 6. The fraction of sp³-hybridized carbons (Fsp3) is 0.375. The lowest BCUT2D eigenvalue weighted by molar-refractivity contribution is -0.384. The lowest BCUT2D eigenvalue weighted by Gasteiger charge is -2.05. The van der Waals surface area contributed by atoms with Gasteiger partial charge in [-0.25, -0.2) is 18.5 Å². The van der Waals surface area contributed by atoms with Crippen molar-refractivity contribution in [1.29, 1.82) is 0 Å². The Balaban J connectivity index is 2.60. The Labute approximate surface area is 108 Å². The molecule has 0 aliphatic rings. The monoisotopic (exact) mass is 294 g/mol. The number of anilines is 1. The van der Waals surface area contributed by atoms with Crippen LogP contribution in [0.5, 0.6) is 0 Å². The van der Waals surface area contributed by atoms with E-state index in [-0.39, 0.29) is 35.4 Å². The van der Waals surface area contributed by atoms with E-state index in [1.807, 2.05) is 0 Å². The van der Waals surface area contributed by atoms with E-state index in [0.717, 1.165) is 6.07 Å². The summed E-state index contributed by atoms with van der Waals surface area (Å²) >= 11 is 5.61. The maximum absolute atomic E-state index is 10.7. The van der Waals surface area contributed by atoms with E-state index in [9.17, 15) is 18.5 Å². The van der Waals surface area contributed by atoms with Gasteiger partial charge < -0.3 is 5.32 Å². The molecule has 1 heterocycles. The van der Waals surface area contributed by atoms with Crippen LogP contribution in [0.25, 0.3) is 0 Å². The molecule has 18 heavy (non-hydrogen) atoms. The van der Waals surface area contributed by atoms with Crippen LogP contribution in [0.15, 0.2) is 12.1 Å². The lowest BCUT2D eigenvalue weighted by Crippen LogP contribution is -2.18. The number of hydrogen-bond donors (Lipinski definition) is 2. The molecule has 10 heteroatoms. The first kappa shape index (κ1) is 14.6. The third-order valence-electron chi connectivity index (χ3n) is 1.90. The highest BCUT2D eigenvalue weighted by Gasteiger charge is 2.10. The van der Waals surface area contributed by atoms with E-state index in [1.165, 1.54) is 6.07 Å². The van der Waals surface area contributed by atoms with Gasteiger partial charge in [0.1, 0.15) is 11.0 Å². The van der Waals surface area contributed by atoms with Crippen molar-refractivity contribution < 1.29 is 13.3 Å². The maximum atomic E-state index is 10.7. The average Bonchev–Trinajstić information content (AvgIpc) is 2.22. The van der Waals surface area contributed by atoms with Crippen molar-refractivity contribution in [3.63, 3.8) is 0 Å². The smallest absolute Gasteiger partial charge is 0.276 e. The van der Waals surface area contributed by atoms with Crippen molar-refractivity contribution in [2.75, 3.05) is 17.6 Å². The molecule has 0 spiro atoms. The number of halogens is 1. The Morgan fingerprint density at radius 1 is 1.50 bits per heavy atom. The number of nitro groups is 1. The predicted molar refractivity (Wildman–Crippen MR) is 67.0 cm³/mol. The van der Waals surface area contributed by atoms with Crippen molar-refractivity contribution >= 4 is 33.1 Å². The van der Waals surface area contributed by atoms with E-state index >= 15 is 0 Å². The molecule has 0 fully saturated rings. The van der Waals surface area contributed by atoms with Gasteiger partial charge in [0, 0.05) is 6.54 Å². The zero-order valence-electron chi connectivity index (χ0n) is 9.17. The number of nitrogens with zero attached hydrogens (tertiary/aromatic N) is 2. The van der Waals surface area contributed by atoms with Gasteiger partial charge in [0.15, 0.2) is 0 Å². The molecule has 0 unspecified atom stereocenters. The normalized spacial score (nSPS) is 11.2. The van der Waals surface area contributed by atoms with E-state index in [1.54, 1.807) is 0 Å². The largest absolute Gasteiger partial charge is 0.370 e. The van der Waals surface area contributed by atoms with Crippen LogP contribution in [0.3, 0.4) is 0 Å². The SMILES string of the molecule is NS(=O)(=O)CCCNc1cc([N+](=O)[O-])cc(Cl)n1. The van der Waals surface area contributed by atoms with Crippen molar-refractivity contribution in [1.82, 2.24) is 4.98 Å². The highest BCUT2D eigenvalue weighted by molar-refractivity contribution is 7.89. The Kier molecular flexibility index (Phi) is 4.82. The second kappa shape index (κ2) is 5.94. The van der Waals surface area contributed by atoms with Crippen LogP contribution in [-0.2, 0) is 10.0 Å². The summed E-state index contributed by atoms with van der Waals surface area (Å²) in [7, 11) is -3.50. The Morgan fingerprint density at radius 2 is 2.17 bits per heavy atom. The van der Waals surface area contributed by atoms with Gasteiger partial charge in [0.25, 0.3) is 5.69 Å². The fourth-order valence-corrected chi connectivity index (χ4v) is 1.92. The van der Waals surface area contributed by atoms with Gasteiger partial charge >= 0.3 is 0 Å². The summed E-state index contributed by atoms with van der Waals surface area (Å²) in [5, 5.41) is 18.1. The molecular weight excluding hydrogens is 284 g/mol. The molecule has 0 aromatic carbocycles. The Bertz CT molecular complexity index is 548. The molecule has 0 atom stereocenters. The number of pyridine rings is 1. The van der Waals surface area contributed by atoms with E-state index in [0.29, 0.717) is 0 Å². The van der Waals surface area contributed by atoms with Gasteiger partial charge in [0.05, 0.1) is 22.8 Å². The maximum Gasteiger partial charge on any atom is 0.276 e.